The maximum atomic E-state index is 10.4. The molecule has 108 valence electrons. The zero-order valence-electron chi connectivity index (χ0n) is 12.4. The predicted molar refractivity (Wildman–Crippen MR) is 79.3 cm³/mol. The van der Waals surface area contributed by atoms with Crippen molar-refractivity contribution in [1.29, 1.82) is 0 Å². The molecule has 3 aliphatic carbocycles. The van der Waals surface area contributed by atoms with Gasteiger partial charge in [-0.1, -0.05) is 0 Å². The number of aliphatic hydroxyl groups excluding tert-OH is 1. The van der Waals surface area contributed by atoms with Crippen LogP contribution in [-0.2, 0) is 0 Å². The first-order valence-corrected chi connectivity index (χ1v) is 10.7. The molecule has 1 aliphatic heterocycles. The van der Waals surface area contributed by atoms with E-state index in [1.165, 1.54) is 32.1 Å². The number of aliphatic hydroxyl groups is 1. The van der Waals surface area contributed by atoms with Crippen molar-refractivity contribution in [1.82, 2.24) is 0 Å². The SMILES string of the molecule is C[C@]12C[Se]C[C@@H]1CC[C@@H]1[C@@H]2CC[C@]2(C)[C@@H](O)CC[C@@H]12. The molecule has 0 bridgehead atoms. The first-order chi connectivity index (χ1) is 9.06. The first kappa shape index (κ1) is 13.2. The minimum atomic E-state index is -0.00298. The molecule has 7 atom stereocenters. The van der Waals surface area contributed by atoms with Gasteiger partial charge in [0.2, 0.25) is 0 Å². The van der Waals surface area contributed by atoms with Gasteiger partial charge in [-0.05, 0) is 0 Å². The van der Waals surface area contributed by atoms with E-state index in [0.717, 1.165) is 45.0 Å². The molecule has 0 aromatic carbocycles. The molecule has 1 heterocycles. The quantitative estimate of drug-likeness (QED) is 0.672. The minimum absolute atomic E-state index is 0.00298. The number of fused-ring (bicyclic) bond motifs is 5. The molecule has 1 saturated heterocycles. The van der Waals surface area contributed by atoms with Crippen LogP contribution in [0.15, 0.2) is 0 Å². The van der Waals surface area contributed by atoms with E-state index >= 15 is 0 Å². The Morgan fingerprint density at radius 2 is 1.74 bits per heavy atom. The molecule has 19 heavy (non-hydrogen) atoms. The third-order valence-electron chi connectivity index (χ3n) is 7.75. The molecule has 0 aromatic rings. The zero-order valence-corrected chi connectivity index (χ0v) is 14.1. The van der Waals surface area contributed by atoms with Gasteiger partial charge in [0, 0.05) is 0 Å². The summed E-state index contributed by atoms with van der Waals surface area (Å²) in [5, 5.41) is 13.5. The van der Waals surface area contributed by atoms with Crippen LogP contribution in [0.1, 0.15) is 52.4 Å². The van der Waals surface area contributed by atoms with Gasteiger partial charge >= 0.3 is 124 Å². The topological polar surface area (TPSA) is 20.2 Å². The zero-order chi connectivity index (χ0) is 13.3. The van der Waals surface area contributed by atoms with Crippen molar-refractivity contribution in [3.8, 4) is 0 Å². The Labute approximate surface area is 124 Å². The molecule has 0 radical (unpaired) electrons. The molecule has 0 amide bonds. The Bertz CT molecular complexity index is 383. The number of hydrogen-bond acceptors (Lipinski definition) is 1. The summed E-state index contributed by atoms with van der Waals surface area (Å²) in [6, 6.07) is 0. The van der Waals surface area contributed by atoms with Crippen molar-refractivity contribution in [3.63, 3.8) is 0 Å². The Balaban J connectivity index is 1.66. The second-order valence-electron chi connectivity index (χ2n) is 8.31. The average Bonchev–Trinajstić information content (AvgIpc) is 2.90. The number of rotatable bonds is 0. The molecule has 4 fully saturated rings. The van der Waals surface area contributed by atoms with Gasteiger partial charge < -0.3 is 0 Å². The third kappa shape index (κ3) is 1.63. The Morgan fingerprint density at radius 3 is 2.58 bits per heavy atom. The molecule has 0 spiro atoms. The first-order valence-electron chi connectivity index (χ1n) is 8.31. The normalized spacial score (nSPS) is 60.5. The van der Waals surface area contributed by atoms with Crippen molar-refractivity contribution < 1.29 is 5.11 Å². The van der Waals surface area contributed by atoms with Crippen LogP contribution < -0.4 is 0 Å². The van der Waals surface area contributed by atoms with Gasteiger partial charge in [0.05, 0.1) is 0 Å². The van der Waals surface area contributed by atoms with Gasteiger partial charge in [-0.3, -0.25) is 0 Å². The fraction of sp³-hybridized carbons (Fsp3) is 1.00. The van der Waals surface area contributed by atoms with E-state index < -0.39 is 0 Å². The van der Waals surface area contributed by atoms with Crippen LogP contribution in [0.4, 0.5) is 0 Å². The molecular weight excluding hydrogens is 299 g/mol. The van der Waals surface area contributed by atoms with E-state index in [0.29, 0.717) is 5.41 Å². The molecule has 3 saturated carbocycles. The van der Waals surface area contributed by atoms with Crippen LogP contribution in [-0.4, -0.2) is 26.2 Å². The molecule has 1 N–H and O–H groups in total. The summed E-state index contributed by atoms with van der Waals surface area (Å²) in [7, 11) is 0. The molecule has 4 aliphatic rings. The van der Waals surface area contributed by atoms with Crippen LogP contribution in [0.2, 0.25) is 10.6 Å². The summed E-state index contributed by atoms with van der Waals surface area (Å²) in [5.41, 5.74) is 0.964. The summed E-state index contributed by atoms with van der Waals surface area (Å²) < 4.78 is 0. The Morgan fingerprint density at radius 1 is 0.947 bits per heavy atom. The number of hydrogen-bond donors (Lipinski definition) is 1. The monoisotopic (exact) mass is 328 g/mol. The Kier molecular flexibility index (Phi) is 2.94. The van der Waals surface area contributed by atoms with E-state index in [9.17, 15) is 5.11 Å². The summed E-state index contributed by atoms with van der Waals surface area (Å²) >= 11 is 0.935. The van der Waals surface area contributed by atoms with Crippen molar-refractivity contribution in [2.45, 2.75) is 69.1 Å². The van der Waals surface area contributed by atoms with Crippen LogP contribution in [0.25, 0.3) is 0 Å². The van der Waals surface area contributed by atoms with Crippen LogP contribution in [0, 0.1) is 34.5 Å². The second kappa shape index (κ2) is 4.24. The molecule has 0 unspecified atom stereocenters. The van der Waals surface area contributed by atoms with E-state index in [4.69, 9.17) is 0 Å². The third-order valence-corrected chi connectivity index (χ3v) is 10.8. The molecule has 4 rings (SSSR count). The van der Waals surface area contributed by atoms with Crippen LogP contribution >= 0.6 is 0 Å². The standard InChI is InChI=1S/C17H28OSe/c1-16-8-7-14-12(13(16)5-6-15(16)18)4-3-11-9-19-10-17(11,14)2/h11-15,18H,3-10H2,1-2H3/t11-,12-,13-,14-,15-,16-,17-/m0/s1. The van der Waals surface area contributed by atoms with Gasteiger partial charge in [0.15, 0.2) is 0 Å². The van der Waals surface area contributed by atoms with E-state index in [2.05, 4.69) is 13.8 Å². The summed E-state index contributed by atoms with van der Waals surface area (Å²) in [5.74, 6) is 3.85. The predicted octanol–water partition coefficient (Wildman–Crippen LogP) is 3.76. The fourth-order valence-corrected chi connectivity index (χ4v) is 10.3. The van der Waals surface area contributed by atoms with Crippen LogP contribution in [0.5, 0.6) is 0 Å². The van der Waals surface area contributed by atoms with Gasteiger partial charge in [-0.2, -0.15) is 0 Å². The maximum absolute atomic E-state index is 10.4. The van der Waals surface area contributed by atoms with Crippen molar-refractivity contribution in [2.75, 3.05) is 0 Å². The molecule has 1 nitrogen and oxygen atoms in total. The van der Waals surface area contributed by atoms with E-state index in [-0.39, 0.29) is 11.5 Å². The second-order valence-corrected chi connectivity index (χ2v) is 10.5. The molecular formula is C17H28OSe. The summed E-state index contributed by atoms with van der Waals surface area (Å²) in [6.45, 7) is 5.04. The van der Waals surface area contributed by atoms with E-state index in [1.807, 2.05) is 0 Å². The summed E-state index contributed by atoms with van der Waals surface area (Å²) in [6.07, 6.45) is 8.08. The average molecular weight is 327 g/mol. The van der Waals surface area contributed by atoms with Crippen molar-refractivity contribution >= 4 is 15.0 Å². The van der Waals surface area contributed by atoms with Crippen molar-refractivity contribution in [2.24, 2.45) is 34.5 Å². The van der Waals surface area contributed by atoms with Crippen LogP contribution in [0.3, 0.4) is 0 Å². The van der Waals surface area contributed by atoms with Gasteiger partial charge in [-0.15, -0.1) is 0 Å². The van der Waals surface area contributed by atoms with Gasteiger partial charge in [0.25, 0.3) is 0 Å². The molecule has 2 heteroatoms. The Hall–Kier alpha value is 0.479. The fourth-order valence-electron chi connectivity index (χ4n) is 6.43. The molecule has 0 aromatic heterocycles. The van der Waals surface area contributed by atoms with Gasteiger partial charge in [-0.25, -0.2) is 0 Å². The van der Waals surface area contributed by atoms with Gasteiger partial charge in [0.1, 0.15) is 0 Å². The van der Waals surface area contributed by atoms with E-state index in [1.54, 1.807) is 10.6 Å². The summed E-state index contributed by atoms with van der Waals surface area (Å²) in [4.78, 5) is 0. The van der Waals surface area contributed by atoms with Crippen molar-refractivity contribution in [3.05, 3.63) is 0 Å².